The highest BCUT2D eigenvalue weighted by Gasteiger charge is 2.36. The van der Waals surface area contributed by atoms with Gasteiger partial charge < -0.3 is 10.1 Å². The Bertz CT molecular complexity index is 259. The summed E-state index contributed by atoms with van der Waals surface area (Å²) in [6.45, 7) is 15.4. The Labute approximate surface area is 127 Å². The molecule has 0 aromatic heterocycles. The summed E-state index contributed by atoms with van der Waals surface area (Å²) in [6.07, 6.45) is 7.87. The first-order chi connectivity index (χ1) is 9.26. The van der Waals surface area contributed by atoms with Crippen molar-refractivity contribution in [2.75, 3.05) is 13.2 Å². The molecule has 2 nitrogen and oxygen atoms in total. The number of rotatable bonds is 7. The van der Waals surface area contributed by atoms with Gasteiger partial charge in [0.15, 0.2) is 0 Å². The molecule has 1 rings (SSSR count). The summed E-state index contributed by atoms with van der Waals surface area (Å²) in [6, 6.07) is 0. The van der Waals surface area contributed by atoms with Crippen LogP contribution < -0.4 is 5.32 Å². The van der Waals surface area contributed by atoms with Crippen LogP contribution in [0.1, 0.15) is 80.1 Å². The zero-order valence-corrected chi connectivity index (χ0v) is 14.7. The van der Waals surface area contributed by atoms with Crippen LogP contribution in [-0.4, -0.2) is 24.3 Å². The minimum atomic E-state index is 0.0851. The summed E-state index contributed by atoms with van der Waals surface area (Å²) >= 11 is 0. The molecule has 0 aromatic rings. The number of ether oxygens (including phenoxy) is 1. The number of hydrogen-bond acceptors (Lipinski definition) is 2. The van der Waals surface area contributed by atoms with Crippen LogP contribution in [0.15, 0.2) is 0 Å². The zero-order chi connectivity index (χ0) is 15.2. The molecular weight excluding hydrogens is 246 g/mol. The lowest BCUT2D eigenvalue weighted by molar-refractivity contribution is -0.0884. The average molecular weight is 284 g/mol. The molecule has 0 heterocycles. The maximum Gasteiger partial charge on any atom is 0.0806 e. The summed E-state index contributed by atoms with van der Waals surface area (Å²) in [4.78, 5) is 0. The normalized spacial score (nSPS) is 28.1. The molecule has 1 N–H and O–H groups in total. The highest BCUT2D eigenvalue weighted by atomic mass is 16.5. The molecule has 0 aromatic carbocycles. The van der Waals surface area contributed by atoms with Gasteiger partial charge in [0, 0.05) is 18.7 Å². The minimum absolute atomic E-state index is 0.0851. The molecule has 20 heavy (non-hydrogen) atoms. The van der Waals surface area contributed by atoms with Crippen molar-refractivity contribution in [2.45, 2.75) is 91.2 Å². The molecule has 0 aliphatic heterocycles. The molecule has 0 radical (unpaired) electrons. The first-order valence-electron chi connectivity index (χ1n) is 8.65. The molecule has 120 valence electrons. The van der Waals surface area contributed by atoms with Gasteiger partial charge in [-0.05, 0) is 58.3 Å². The van der Waals surface area contributed by atoms with Crippen molar-refractivity contribution < 1.29 is 4.74 Å². The van der Waals surface area contributed by atoms with Gasteiger partial charge in [-0.3, -0.25) is 0 Å². The Morgan fingerprint density at radius 2 is 1.80 bits per heavy atom. The molecule has 0 atom stereocenters. The van der Waals surface area contributed by atoms with Gasteiger partial charge in [0.05, 0.1) is 5.60 Å². The third kappa shape index (κ3) is 6.58. The smallest absolute Gasteiger partial charge is 0.0806 e. The molecule has 1 fully saturated rings. The minimum Gasteiger partial charge on any atom is -0.373 e. The quantitative estimate of drug-likeness (QED) is 0.726. The zero-order valence-electron chi connectivity index (χ0n) is 14.7. The van der Waals surface area contributed by atoms with Crippen molar-refractivity contribution >= 4 is 0 Å². The average Bonchev–Trinajstić information content (AvgIpc) is 2.36. The van der Waals surface area contributed by atoms with Crippen LogP contribution in [-0.2, 0) is 4.74 Å². The van der Waals surface area contributed by atoms with Crippen LogP contribution in [0.4, 0.5) is 0 Å². The SMILES string of the molecule is CCCC1CCC(CNC(C)(C)C)(OCC(C)C)CC1. The highest BCUT2D eigenvalue weighted by Crippen LogP contribution is 2.37. The van der Waals surface area contributed by atoms with Crippen LogP contribution >= 0.6 is 0 Å². The van der Waals surface area contributed by atoms with Crippen molar-refractivity contribution in [3.05, 3.63) is 0 Å². The van der Waals surface area contributed by atoms with E-state index in [-0.39, 0.29) is 11.1 Å². The van der Waals surface area contributed by atoms with Crippen LogP contribution in [0.25, 0.3) is 0 Å². The highest BCUT2D eigenvalue weighted by molar-refractivity contribution is 4.91. The van der Waals surface area contributed by atoms with E-state index in [0.717, 1.165) is 19.1 Å². The lowest BCUT2D eigenvalue weighted by Gasteiger charge is -2.42. The number of hydrogen-bond donors (Lipinski definition) is 1. The fraction of sp³-hybridized carbons (Fsp3) is 1.00. The lowest BCUT2D eigenvalue weighted by atomic mass is 9.76. The lowest BCUT2D eigenvalue weighted by Crippen LogP contribution is -2.51. The van der Waals surface area contributed by atoms with E-state index < -0.39 is 0 Å². The van der Waals surface area contributed by atoms with E-state index in [0.29, 0.717) is 5.92 Å². The first-order valence-corrected chi connectivity index (χ1v) is 8.65. The van der Waals surface area contributed by atoms with E-state index >= 15 is 0 Å². The van der Waals surface area contributed by atoms with Crippen LogP contribution in [0, 0.1) is 11.8 Å². The van der Waals surface area contributed by atoms with Gasteiger partial charge in [0.1, 0.15) is 0 Å². The van der Waals surface area contributed by atoms with Crippen molar-refractivity contribution in [2.24, 2.45) is 11.8 Å². The van der Waals surface area contributed by atoms with E-state index in [4.69, 9.17) is 4.74 Å². The van der Waals surface area contributed by atoms with Crippen molar-refractivity contribution in [3.8, 4) is 0 Å². The van der Waals surface area contributed by atoms with Crippen molar-refractivity contribution in [1.82, 2.24) is 5.32 Å². The summed E-state index contributed by atoms with van der Waals surface area (Å²) in [7, 11) is 0. The monoisotopic (exact) mass is 283 g/mol. The van der Waals surface area contributed by atoms with Crippen LogP contribution in [0.3, 0.4) is 0 Å². The van der Waals surface area contributed by atoms with Crippen molar-refractivity contribution in [3.63, 3.8) is 0 Å². The van der Waals surface area contributed by atoms with Gasteiger partial charge >= 0.3 is 0 Å². The molecule has 0 spiro atoms. The van der Waals surface area contributed by atoms with Gasteiger partial charge in [-0.1, -0.05) is 33.6 Å². The maximum atomic E-state index is 6.39. The second kappa shape index (κ2) is 7.79. The molecule has 1 aliphatic rings. The third-order valence-electron chi connectivity index (χ3n) is 4.38. The second-order valence-electron chi connectivity index (χ2n) is 8.22. The van der Waals surface area contributed by atoms with E-state index in [2.05, 4.69) is 46.9 Å². The summed E-state index contributed by atoms with van der Waals surface area (Å²) in [5, 5.41) is 3.68. The van der Waals surface area contributed by atoms with Crippen LogP contribution in [0.5, 0.6) is 0 Å². The van der Waals surface area contributed by atoms with Gasteiger partial charge in [0.25, 0.3) is 0 Å². The predicted molar refractivity (Wildman–Crippen MR) is 88.1 cm³/mol. The van der Waals surface area contributed by atoms with E-state index in [1.54, 1.807) is 0 Å². The fourth-order valence-electron chi connectivity index (χ4n) is 3.04. The molecule has 0 saturated heterocycles. The molecule has 2 heteroatoms. The largest absolute Gasteiger partial charge is 0.373 e. The van der Waals surface area contributed by atoms with E-state index in [1.807, 2.05) is 0 Å². The molecule has 1 saturated carbocycles. The van der Waals surface area contributed by atoms with Gasteiger partial charge in [-0.2, -0.15) is 0 Å². The summed E-state index contributed by atoms with van der Waals surface area (Å²) in [5.74, 6) is 1.56. The molecular formula is C18H37NO. The molecule has 1 aliphatic carbocycles. The first kappa shape index (κ1) is 18.0. The van der Waals surface area contributed by atoms with Gasteiger partial charge in [0.2, 0.25) is 0 Å². The van der Waals surface area contributed by atoms with Crippen LogP contribution in [0.2, 0.25) is 0 Å². The Balaban J connectivity index is 2.57. The molecule has 0 amide bonds. The second-order valence-corrected chi connectivity index (χ2v) is 8.22. The van der Waals surface area contributed by atoms with Gasteiger partial charge in [-0.25, -0.2) is 0 Å². The standard InChI is InChI=1S/C18H37NO/c1-7-8-16-9-11-18(12-10-16,20-13-15(2)3)14-19-17(4,5)6/h15-16,19H,7-14H2,1-6H3. The van der Waals surface area contributed by atoms with E-state index in [1.165, 1.54) is 38.5 Å². The Kier molecular flexibility index (Phi) is 7.00. The number of nitrogens with one attached hydrogen (secondary N) is 1. The van der Waals surface area contributed by atoms with Crippen molar-refractivity contribution in [1.29, 1.82) is 0 Å². The van der Waals surface area contributed by atoms with Gasteiger partial charge in [-0.15, -0.1) is 0 Å². The predicted octanol–water partition coefficient (Wildman–Crippen LogP) is 4.78. The summed E-state index contributed by atoms with van der Waals surface area (Å²) in [5.41, 5.74) is 0.260. The summed E-state index contributed by atoms with van der Waals surface area (Å²) < 4.78 is 6.39. The fourth-order valence-corrected chi connectivity index (χ4v) is 3.04. The van der Waals surface area contributed by atoms with E-state index in [9.17, 15) is 0 Å². The third-order valence-corrected chi connectivity index (χ3v) is 4.38. The topological polar surface area (TPSA) is 21.3 Å². The maximum absolute atomic E-state index is 6.39. The Hall–Kier alpha value is -0.0800. The Morgan fingerprint density at radius 1 is 1.20 bits per heavy atom. The molecule has 0 unspecified atom stereocenters. The Morgan fingerprint density at radius 3 is 2.25 bits per heavy atom. The molecule has 0 bridgehead atoms.